The average molecular weight is 743 g/mol. The molecule has 9 heteroatoms. The van der Waals surface area contributed by atoms with Crippen molar-refractivity contribution in [3.8, 4) is 45.6 Å². The first-order chi connectivity index (χ1) is 26.8. The van der Waals surface area contributed by atoms with Gasteiger partial charge in [-0.25, -0.2) is 0 Å². The molecule has 0 unspecified atom stereocenters. The summed E-state index contributed by atoms with van der Waals surface area (Å²) in [6.07, 6.45) is -0.998. The highest BCUT2D eigenvalue weighted by Crippen LogP contribution is 2.56. The third kappa shape index (κ3) is 6.56. The maximum absolute atomic E-state index is 12.3. The summed E-state index contributed by atoms with van der Waals surface area (Å²) in [5, 5.41) is 15.5. The van der Waals surface area contributed by atoms with Crippen molar-refractivity contribution < 1.29 is 43.0 Å². The Morgan fingerprint density at radius 1 is 0.600 bits per heavy atom. The second-order valence-corrected chi connectivity index (χ2v) is 14.1. The molecule has 0 saturated heterocycles. The quantitative estimate of drug-likeness (QED) is 0.139. The number of aliphatic hydroxyl groups is 1. The average Bonchev–Trinajstić information content (AvgIpc) is 3.22. The summed E-state index contributed by atoms with van der Waals surface area (Å²) in [6, 6.07) is 27.9. The lowest BCUT2D eigenvalue weighted by atomic mass is 9.78. The van der Waals surface area contributed by atoms with Crippen molar-refractivity contribution in [2.24, 2.45) is 0 Å². The van der Waals surface area contributed by atoms with Crippen LogP contribution in [0.3, 0.4) is 0 Å². The molecule has 6 aromatic rings. The number of hydrogen-bond acceptors (Lipinski definition) is 9. The highest BCUT2D eigenvalue weighted by atomic mass is 16.5. The van der Waals surface area contributed by atoms with E-state index in [1.807, 2.05) is 91.9 Å². The summed E-state index contributed by atoms with van der Waals surface area (Å²) >= 11 is 0. The fourth-order valence-corrected chi connectivity index (χ4v) is 8.06. The Balaban J connectivity index is 1.53. The molecule has 0 bridgehead atoms. The Morgan fingerprint density at radius 2 is 1.11 bits per heavy atom. The van der Waals surface area contributed by atoms with Crippen LogP contribution >= 0.6 is 0 Å². The van der Waals surface area contributed by atoms with Crippen LogP contribution in [0.25, 0.3) is 32.7 Å². The summed E-state index contributed by atoms with van der Waals surface area (Å²) in [6.45, 7) is 5.18. The monoisotopic (exact) mass is 742 g/mol. The van der Waals surface area contributed by atoms with Crippen molar-refractivity contribution in [1.82, 2.24) is 0 Å². The van der Waals surface area contributed by atoms with Crippen LogP contribution in [-0.2, 0) is 42.3 Å². The number of rotatable bonds is 11. The fraction of sp³-hybridized carbons (Fsp3) is 0.304. The molecule has 0 spiro atoms. The molecule has 2 aliphatic heterocycles. The molecule has 9 nitrogen and oxygen atoms in total. The van der Waals surface area contributed by atoms with Gasteiger partial charge in [-0.2, -0.15) is 0 Å². The van der Waals surface area contributed by atoms with Gasteiger partial charge in [-0.15, -0.1) is 0 Å². The normalized spacial score (nSPS) is 17.7. The molecule has 0 aliphatic carbocycles. The Kier molecular flexibility index (Phi) is 10.2. The summed E-state index contributed by atoms with van der Waals surface area (Å²) in [4.78, 5) is 0. The first-order valence-corrected chi connectivity index (χ1v) is 18.6. The number of benzene rings is 6. The molecule has 0 radical (unpaired) electrons. The van der Waals surface area contributed by atoms with Crippen molar-refractivity contribution in [2.75, 3.05) is 28.4 Å². The van der Waals surface area contributed by atoms with Crippen LogP contribution in [0.5, 0.6) is 34.5 Å². The molecule has 3 atom stereocenters. The predicted molar refractivity (Wildman–Crippen MR) is 212 cm³/mol. The number of aliphatic hydroxyl groups excluding tert-OH is 1. The van der Waals surface area contributed by atoms with E-state index in [9.17, 15) is 5.11 Å². The molecular formula is C46H46O9. The third-order valence-corrected chi connectivity index (χ3v) is 10.8. The fourth-order valence-electron chi connectivity index (χ4n) is 8.06. The van der Waals surface area contributed by atoms with E-state index in [1.54, 1.807) is 28.4 Å². The van der Waals surface area contributed by atoms with Crippen LogP contribution in [0, 0.1) is 0 Å². The second kappa shape index (κ2) is 15.3. The summed E-state index contributed by atoms with van der Waals surface area (Å²) < 4.78 is 50.4. The van der Waals surface area contributed by atoms with Gasteiger partial charge in [-0.1, -0.05) is 60.7 Å². The molecule has 284 valence electrons. The Labute approximate surface area is 321 Å². The van der Waals surface area contributed by atoms with E-state index in [0.717, 1.165) is 66.1 Å². The van der Waals surface area contributed by atoms with E-state index in [-0.39, 0.29) is 12.7 Å². The molecule has 0 amide bonds. The SMILES string of the molecule is COc1cc(OC)c2c(OCc3ccccc3)c3c(c(-c4c5c(c(OCc6ccccc6)c6c(OC)cc(OC)cc46)CO[C@@H](C)[C@H]5O)c2c1)C[C@H](C)OC3. The van der Waals surface area contributed by atoms with Crippen molar-refractivity contribution >= 4 is 21.5 Å². The van der Waals surface area contributed by atoms with E-state index in [0.29, 0.717) is 60.7 Å². The zero-order chi connectivity index (χ0) is 38.2. The van der Waals surface area contributed by atoms with Crippen LogP contribution in [0.4, 0.5) is 0 Å². The maximum Gasteiger partial charge on any atom is 0.137 e. The maximum atomic E-state index is 12.3. The molecule has 1 N–H and O–H groups in total. The van der Waals surface area contributed by atoms with E-state index in [1.165, 1.54) is 0 Å². The van der Waals surface area contributed by atoms with Gasteiger partial charge in [0.25, 0.3) is 0 Å². The van der Waals surface area contributed by atoms with Gasteiger partial charge >= 0.3 is 0 Å². The standard InChI is InChI=1S/C46H46O9/c1-26-17-32-35(24-52-26)45(54-22-28-13-9-7-10-14-28)40-33(18-30(48-3)20-37(40)50-5)39(32)42-34-19-31(49-4)21-38(51-6)41(34)46(55-23-29-15-11-8-12-16-29)36-25-53-27(2)44(47)43(36)42/h7-16,18-21,26-27,44,47H,17,22-25H2,1-6H3/t26-,27-,44+/m0/s1. The van der Waals surface area contributed by atoms with Gasteiger partial charge in [0.1, 0.15) is 53.8 Å². The lowest BCUT2D eigenvalue weighted by molar-refractivity contribution is -0.0529. The van der Waals surface area contributed by atoms with Gasteiger partial charge in [0.2, 0.25) is 0 Å². The number of hydrogen-bond donors (Lipinski definition) is 1. The van der Waals surface area contributed by atoms with Crippen molar-refractivity contribution in [3.05, 3.63) is 118 Å². The Hall–Kier alpha value is -5.48. The van der Waals surface area contributed by atoms with Crippen LogP contribution in [0.1, 0.15) is 53.3 Å². The molecule has 55 heavy (non-hydrogen) atoms. The minimum atomic E-state index is -0.996. The summed E-state index contributed by atoms with van der Waals surface area (Å²) in [7, 11) is 6.59. The predicted octanol–water partition coefficient (Wildman–Crippen LogP) is 9.27. The van der Waals surface area contributed by atoms with Gasteiger partial charge < -0.3 is 43.0 Å². The largest absolute Gasteiger partial charge is 0.497 e. The Morgan fingerprint density at radius 3 is 1.64 bits per heavy atom. The Bertz CT molecular complexity index is 2360. The topological polar surface area (TPSA) is 94.1 Å². The van der Waals surface area contributed by atoms with Gasteiger partial charge in [0.15, 0.2) is 0 Å². The number of ether oxygens (including phenoxy) is 8. The lowest BCUT2D eigenvalue weighted by Gasteiger charge is -2.35. The molecular weight excluding hydrogens is 696 g/mol. The zero-order valence-electron chi connectivity index (χ0n) is 32.1. The van der Waals surface area contributed by atoms with E-state index < -0.39 is 12.2 Å². The second-order valence-electron chi connectivity index (χ2n) is 14.1. The minimum Gasteiger partial charge on any atom is -0.497 e. The van der Waals surface area contributed by atoms with Crippen LogP contribution in [0.2, 0.25) is 0 Å². The zero-order valence-corrected chi connectivity index (χ0v) is 32.1. The first kappa shape index (κ1) is 36.5. The van der Waals surface area contributed by atoms with Crippen LogP contribution in [0.15, 0.2) is 84.9 Å². The van der Waals surface area contributed by atoms with Crippen molar-refractivity contribution in [2.45, 2.75) is 65.0 Å². The molecule has 2 heterocycles. The third-order valence-electron chi connectivity index (χ3n) is 10.8. The van der Waals surface area contributed by atoms with Crippen LogP contribution in [-0.4, -0.2) is 45.8 Å². The summed E-state index contributed by atoms with van der Waals surface area (Å²) in [5.41, 5.74) is 7.26. The molecule has 8 rings (SSSR count). The van der Waals surface area contributed by atoms with Gasteiger partial charge in [0.05, 0.1) is 64.6 Å². The minimum absolute atomic E-state index is 0.0926. The lowest BCUT2D eigenvalue weighted by Crippen LogP contribution is -2.27. The number of methoxy groups -OCH3 is 4. The molecule has 2 aliphatic rings. The highest BCUT2D eigenvalue weighted by molar-refractivity contribution is 6.15. The van der Waals surface area contributed by atoms with Gasteiger partial charge in [0, 0.05) is 39.6 Å². The van der Waals surface area contributed by atoms with E-state index in [4.69, 9.17) is 37.9 Å². The van der Waals surface area contributed by atoms with Gasteiger partial charge in [-0.05, 0) is 60.2 Å². The molecule has 6 aromatic carbocycles. The first-order valence-electron chi connectivity index (χ1n) is 18.6. The van der Waals surface area contributed by atoms with E-state index >= 15 is 0 Å². The van der Waals surface area contributed by atoms with Crippen molar-refractivity contribution in [3.63, 3.8) is 0 Å². The smallest absolute Gasteiger partial charge is 0.137 e. The van der Waals surface area contributed by atoms with Crippen LogP contribution < -0.4 is 28.4 Å². The number of fused-ring (bicyclic) bond motifs is 4. The molecule has 0 aromatic heterocycles. The summed E-state index contributed by atoms with van der Waals surface area (Å²) in [5.74, 6) is 3.67. The van der Waals surface area contributed by atoms with E-state index in [2.05, 4.69) is 6.92 Å². The molecule has 0 fully saturated rings. The van der Waals surface area contributed by atoms with Crippen molar-refractivity contribution in [1.29, 1.82) is 0 Å². The highest BCUT2D eigenvalue weighted by Gasteiger charge is 2.38. The van der Waals surface area contributed by atoms with Gasteiger partial charge in [-0.3, -0.25) is 0 Å². The molecule has 0 saturated carbocycles.